The smallest absolute Gasteiger partial charge is 0.281 e. The van der Waals surface area contributed by atoms with Crippen LogP contribution in [0.15, 0.2) is 60.0 Å². The van der Waals surface area contributed by atoms with Gasteiger partial charge in [-0.05, 0) is 61.7 Å². The number of anilines is 2. The van der Waals surface area contributed by atoms with E-state index >= 15 is 8.78 Å². The Kier molecular flexibility index (Phi) is 7.22. The Bertz CT molecular complexity index is 1970. The fourth-order valence-corrected chi connectivity index (χ4v) is 6.64. The Labute approximate surface area is 258 Å². The number of fused-ring (bicyclic) bond motifs is 5. The molecule has 2 aromatic heterocycles. The number of carbonyl (C=O) groups excluding carboxylic acids is 2. The van der Waals surface area contributed by atoms with E-state index < -0.39 is 29.0 Å². The first-order valence-electron chi connectivity index (χ1n) is 14.7. The summed E-state index contributed by atoms with van der Waals surface area (Å²) < 4.78 is 32.7. The standard InChI is InChI=1S/C34H33F2N5O4/c1-7-27(43)39-16-25-33(44)38(6)32-31(40(25)15-19(39)5)21-13-23(36)20(28-22(35)9-8-10-26(28)42)14-24(21)41(34(32)45)30-18(4)11-12-37-29(30)17(2)3/h7-14,17,19,25,42H,1,15-16H2,2-6H3/t19-,25?/m1/s1. The van der Waals surface area contributed by atoms with Gasteiger partial charge in [0.15, 0.2) is 0 Å². The van der Waals surface area contributed by atoms with Crippen molar-refractivity contribution in [2.24, 2.45) is 0 Å². The maximum atomic E-state index is 16.2. The molecule has 11 heteroatoms. The quantitative estimate of drug-likeness (QED) is 0.324. The summed E-state index contributed by atoms with van der Waals surface area (Å²) in [6.07, 6.45) is 2.84. The van der Waals surface area contributed by atoms with Crippen LogP contribution >= 0.6 is 0 Å². The monoisotopic (exact) mass is 613 g/mol. The van der Waals surface area contributed by atoms with Crippen LogP contribution in [0.5, 0.6) is 5.75 Å². The third kappa shape index (κ3) is 4.48. The molecule has 232 valence electrons. The number of phenolic OH excluding ortho intramolecular Hbond substituents is 1. The van der Waals surface area contributed by atoms with E-state index in [0.717, 1.165) is 6.07 Å². The first kappa shape index (κ1) is 30.0. The average Bonchev–Trinajstić information content (AvgIpc) is 2.99. The Morgan fingerprint density at radius 1 is 1.09 bits per heavy atom. The predicted octanol–water partition coefficient (Wildman–Crippen LogP) is 5.04. The highest BCUT2D eigenvalue weighted by Gasteiger charge is 2.46. The zero-order valence-electron chi connectivity index (χ0n) is 25.6. The number of pyridine rings is 2. The van der Waals surface area contributed by atoms with E-state index in [0.29, 0.717) is 28.0 Å². The van der Waals surface area contributed by atoms with Crippen LogP contribution in [-0.2, 0) is 9.59 Å². The summed E-state index contributed by atoms with van der Waals surface area (Å²) in [6.45, 7) is 11.3. The van der Waals surface area contributed by atoms with Gasteiger partial charge >= 0.3 is 0 Å². The lowest BCUT2D eigenvalue weighted by molar-refractivity contribution is -0.130. The summed E-state index contributed by atoms with van der Waals surface area (Å²) >= 11 is 0. The maximum Gasteiger partial charge on any atom is 0.281 e. The molecule has 2 aliphatic heterocycles. The van der Waals surface area contributed by atoms with E-state index in [1.54, 1.807) is 22.1 Å². The van der Waals surface area contributed by atoms with E-state index in [9.17, 15) is 19.5 Å². The number of aryl methyl sites for hydroxylation is 1. The lowest BCUT2D eigenvalue weighted by Crippen LogP contribution is -2.66. The number of likely N-dealkylation sites (N-methyl/N-ethyl adjacent to an activating group) is 1. The van der Waals surface area contributed by atoms with Crippen LogP contribution in [0.25, 0.3) is 27.7 Å². The van der Waals surface area contributed by atoms with Gasteiger partial charge in [0.05, 0.1) is 34.7 Å². The van der Waals surface area contributed by atoms with E-state index in [2.05, 4.69) is 11.6 Å². The van der Waals surface area contributed by atoms with Gasteiger partial charge in [-0.25, -0.2) is 8.78 Å². The predicted molar refractivity (Wildman–Crippen MR) is 169 cm³/mol. The second kappa shape index (κ2) is 10.8. The van der Waals surface area contributed by atoms with Crippen LogP contribution in [-0.4, -0.2) is 63.6 Å². The zero-order chi connectivity index (χ0) is 32.5. The first-order valence-corrected chi connectivity index (χ1v) is 14.7. The largest absolute Gasteiger partial charge is 0.507 e. The van der Waals surface area contributed by atoms with Crippen molar-refractivity contribution in [1.29, 1.82) is 0 Å². The van der Waals surface area contributed by atoms with Crippen molar-refractivity contribution in [2.45, 2.75) is 45.7 Å². The summed E-state index contributed by atoms with van der Waals surface area (Å²) in [7, 11) is 1.50. The number of hydrogen-bond donors (Lipinski definition) is 1. The van der Waals surface area contributed by atoms with E-state index in [-0.39, 0.29) is 59.2 Å². The summed E-state index contributed by atoms with van der Waals surface area (Å²) in [4.78, 5) is 50.5. The van der Waals surface area contributed by atoms with Crippen LogP contribution < -0.4 is 15.4 Å². The lowest BCUT2D eigenvalue weighted by Gasteiger charge is -2.50. The van der Waals surface area contributed by atoms with Crippen LogP contribution in [0.2, 0.25) is 0 Å². The van der Waals surface area contributed by atoms with Gasteiger partial charge < -0.3 is 19.8 Å². The topological polar surface area (TPSA) is 99.0 Å². The van der Waals surface area contributed by atoms with Crippen molar-refractivity contribution in [3.8, 4) is 22.6 Å². The van der Waals surface area contributed by atoms with Gasteiger partial charge in [-0.1, -0.05) is 26.5 Å². The van der Waals surface area contributed by atoms with Crippen molar-refractivity contribution in [3.05, 3.63) is 88.5 Å². The molecule has 2 amide bonds. The lowest BCUT2D eigenvalue weighted by atomic mass is 9.95. The summed E-state index contributed by atoms with van der Waals surface area (Å²) in [6, 6.07) is 6.85. The second-order valence-electron chi connectivity index (χ2n) is 11.9. The molecule has 9 nitrogen and oxygen atoms in total. The number of phenols is 1. The molecular formula is C34H33F2N5O4. The molecule has 0 radical (unpaired) electrons. The Balaban J connectivity index is 1.76. The normalized spacial score (nSPS) is 18.0. The number of halogens is 2. The maximum absolute atomic E-state index is 16.2. The number of carbonyl (C=O) groups is 2. The van der Waals surface area contributed by atoms with Crippen molar-refractivity contribution < 1.29 is 23.5 Å². The van der Waals surface area contributed by atoms with Crippen LogP contribution in [0.3, 0.4) is 0 Å². The minimum atomic E-state index is -0.842. The molecule has 2 aromatic carbocycles. The third-order valence-corrected chi connectivity index (χ3v) is 8.83. The molecule has 2 aliphatic rings. The number of amides is 2. The molecule has 2 atom stereocenters. The number of hydrogen-bond acceptors (Lipinski definition) is 6. The molecule has 45 heavy (non-hydrogen) atoms. The van der Waals surface area contributed by atoms with Gasteiger partial charge in [-0.2, -0.15) is 0 Å². The molecule has 1 N–H and O–H groups in total. The third-order valence-electron chi connectivity index (χ3n) is 8.83. The number of aromatic nitrogens is 2. The van der Waals surface area contributed by atoms with Crippen LogP contribution in [0.1, 0.15) is 37.9 Å². The molecule has 1 saturated heterocycles. The first-order chi connectivity index (χ1) is 21.4. The van der Waals surface area contributed by atoms with Gasteiger partial charge in [0.2, 0.25) is 5.91 Å². The van der Waals surface area contributed by atoms with Crippen molar-refractivity contribution in [1.82, 2.24) is 14.5 Å². The molecular weight excluding hydrogens is 580 g/mol. The summed E-state index contributed by atoms with van der Waals surface area (Å²) in [5.74, 6) is -2.94. The second-order valence-corrected chi connectivity index (χ2v) is 11.9. The number of benzene rings is 2. The van der Waals surface area contributed by atoms with Crippen LogP contribution in [0, 0.1) is 18.6 Å². The highest BCUT2D eigenvalue weighted by molar-refractivity contribution is 6.12. The number of nitrogens with zero attached hydrogens (tertiary/aromatic N) is 5. The van der Waals surface area contributed by atoms with Gasteiger partial charge in [-0.3, -0.25) is 23.9 Å². The Morgan fingerprint density at radius 3 is 2.49 bits per heavy atom. The van der Waals surface area contributed by atoms with E-state index in [1.165, 1.54) is 46.9 Å². The number of rotatable bonds is 4. The van der Waals surface area contributed by atoms with Gasteiger partial charge in [0.25, 0.3) is 11.5 Å². The minimum Gasteiger partial charge on any atom is -0.507 e. The molecule has 0 spiro atoms. The summed E-state index contributed by atoms with van der Waals surface area (Å²) in [5, 5.41) is 10.9. The minimum absolute atomic E-state index is 0.0437. The zero-order valence-corrected chi connectivity index (χ0v) is 25.6. The molecule has 1 unspecified atom stereocenters. The van der Waals surface area contributed by atoms with Gasteiger partial charge in [-0.15, -0.1) is 0 Å². The number of piperazine rings is 1. The molecule has 4 aromatic rings. The van der Waals surface area contributed by atoms with Crippen molar-refractivity contribution in [2.75, 3.05) is 29.9 Å². The highest BCUT2D eigenvalue weighted by atomic mass is 19.1. The molecule has 4 heterocycles. The van der Waals surface area contributed by atoms with Crippen LogP contribution in [0.4, 0.5) is 20.2 Å². The molecule has 0 bridgehead atoms. The number of aromatic hydroxyl groups is 1. The molecule has 0 saturated carbocycles. The van der Waals surface area contributed by atoms with E-state index in [1.807, 2.05) is 27.7 Å². The van der Waals surface area contributed by atoms with Gasteiger partial charge in [0, 0.05) is 36.8 Å². The van der Waals surface area contributed by atoms with Crippen molar-refractivity contribution in [3.63, 3.8) is 0 Å². The van der Waals surface area contributed by atoms with Gasteiger partial charge in [0.1, 0.15) is 29.1 Å². The Morgan fingerprint density at radius 2 is 1.82 bits per heavy atom. The highest BCUT2D eigenvalue weighted by Crippen LogP contribution is 2.44. The average molecular weight is 614 g/mol. The van der Waals surface area contributed by atoms with Crippen molar-refractivity contribution >= 4 is 34.1 Å². The Hall–Kier alpha value is -5.06. The van der Waals surface area contributed by atoms with E-state index in [4.69, 9.17) is 0 Å². The SMILES string of the molecule is C=CC(=O)N1CC2C(=O)N(C)c3c(c4cc(F)c(-c5c(O)cccc5F)cc4n(-c4c(C)ccnc4C(C)C)c3=O)N2C[C@H]1C. The fraction of sp³-hybridized carbons (Fsp3) is 0.294. The summed E-state index contributed by atoms with van der Waals surface area (Å²) in [5.41, 5.74) is 1.31. The molecule has 6 rings (SSSR count). The fourth-order valence-electron chi connectivity index (χ4n) is 6.64. The molecule has 0 aliphatic carbocycles. The molecule has 1 fully saturated rings.